The van der Waals surface area contributed by atoms with Gasteiger partial charge in [0.2, 0.25) is 10.0 Å². The molecule has 1 aliphatic heterocycles. The number of piperidine rings is 1. The number of hydrogen-bond acceptors (Lipinski definition) is 2. The quantitative estimate of drug-likeness (QED) is 0.742. The first-order chi connectivity index (χ1) is 11.7. The van der Waals surface area contributed by atoms with Crippen LogP contribution in [0.25, 0.3) is 0 Å². The molecule has 0 bridgehead atoms. The molecule has 4 heteroatoms. The van der Waals surface area contributed by atoms with Gasteiger partial charge in [-0.1, -0.05) is 62.3 Å². The van der Waals surface area contributed by atoms with E-state index in [-0.39, 0.29) is 5.41 Å². The van der Waals surface area contributed by atoms with E-state index in [1.165, 1.54) is 5.57 Å². The summed E-state index contributed by atoms with van der Waals surface area (Å²) in [5, 5.41) is 0. The van der Waals surface area contributed by atoms with Crippen LogP contribution in [0.15, 0.2) is 53.0 Å². The second kappa shape index (κ2) is 6.73. The minimum absolute atomic E-state index is 0.136. The lowest BCUT2D eigenvalue weighted by atomic mass is 9.72. The Balaban J connectivity index is 1.93. The zero-order valence-corrected chi connectivity index (χ0v) is 16.5. The molecular formula is C21H29NO2S. The Hall–Kier alpha value is -1.39. The van der Waals surface area contributed by atoms with Crippen LogP contribution < -0.4 is 0 Å². The third kappa shape index (κ3) is 3.61. The van der Waals surface area contributed by atoms with Gasteiger partial charge in [0.25, 0.3) is 0 Å². The zero-order chi connectivity index (χ0) is 18.2. The van der Waals surface area contributed by atoms with Gasteiger partial charge in [-0.25, -0.2) is 8.42 Å². The number of allylic oxidation sites excluding steroid dienone is 3. The molecule has 1 saturated heterocycles. The third-order valence-electron chi connectivity index (χ3n) is 5.69. The predicted octanol–water partition coefficient (Wildman–Crippen LogP) is 4.55. The Bertz CT molecular complexity index is 790. The van der Waals surface area contributed by atoms with E-state index in [0.29, 0.717) is 29.8 Å². The number of sulfonamides is 1. The molecule has 1 aromatic rings. The van der Waals surface area contributed by atoms with Crippen molar-refractivity contribution in [2.24, 2.45) is 17.3 Å². The molecule has 0 unspecified atom stereocenters. The van der Waals surface area contributed by atoms with Crippen LogP contribution >= 0.6 is 0 Å². The van der Waals surface area contributed by atoms with Gasteiger partial charge in [0.1, 0.15) is 0 Å². The van der Waals surface area contributed by atoms with Crippen molar-refractivity contribution < 1.29 is 8.42 Å². The van der Waals surface area contributed by atoms with E-state index in [1.807, 2.05) is 19.1 Å². The maximum Gasteiger partial charge on any atom is 0.243 e. The van der Waals surface area contributed by atoms with Crippen molar-refractivity contribution in [1.82, 2.24) is 4.31 Å². The molecule has 3 nitrogen and oxygen atoms in total. The van der Waals surface area contributed by atoms with E-state index in [0.717, 1.165) is 18.4 Å². The lowest BCUT2D eigenvalue weighted by Crippen LogP contribution is -2.48. The van der Waals surface area contributed by atoms with Gasteiger partial charge >= 0.3 is 0 Å². The molecule has 2 aliphatic rings. The number of nitrogens with zero attached hydrogens (tertiary/aromatic N) is 1. The third-order valence-corrected chi connectivity index (χ3v) is 7.55. The molecule has 1 fully saturated rings. The van der Waals surface area contributed by atoms with Crippen LogP contribution in [-0.2, 0) is 10.0 Å². The van der Waals surface area contributed by atoms with Crippen molar-refractivity contribution in [3.63, 3.8) is 0 Å². The highest BCUT2D eigenvalue weighted by atomic mass is 32.2. The average molecular weight is 360 g/mol. The molecule has 1 aliphatic carbocycles. The zero-order valence-electron chi connectivity index (χ0n) is 15.7. The normalized spacial score (nSPS) is 27.7. The summed E-state index contributed by atoms with van der Waals surface area (Å²) in [5.41, 5.74) is 2.35. The molecule has 2 atom stereocenters. The van der Waals surface area contributed by atoms with E-state index in [4.69, 9.17) is 0 Å². The second-order valence-electron chi connectivity index (χ2n) is 8.06. The van der Waals surface area contributed by atoms with E-state index < -0.39 is 10.0 Å². The van der Waals surface area contributed by atoms with Gasteiger partial charge < -0.3 is 0 Å². The summed E-state index contributed by atoms with van der Waals surface area (Å²) < 4.78 is 27.9. The van der Waals surface area contributed by atoms with Crippen LogP contribution in [0, 0.1) is 24.2 Å². The van der Waals surface area contributed by atoms with Crippen LogP contribution in [-0.4, -0.2) is 25.8 Å². The lowest BCUT2D eigenvalue weighted by molar-refractivity contribution is 0.163. The molecule has 25 heavy (non-hydrogen) atoms. The Morgan fingerprint density at radius 2 is 1.88 bits per heavy atom. The molecule has 0 N–H and O–H groups in total. The van der Waals surface area contributed by atoms with Gasteiger partial charge in [-0.15, -0.1) is 0 Å². The summed E-state index contributed by atoms with van der Waals surface area (Å²) in [6.07, 6.45) is 8.79. The maximum atomic E-state index is 13.1. The van der Waals surface area contributed by atoms with E-state index >= 15 is 0 Å². The highest BCUT2D eigenvalue weighted by molar-refractivity contribution is 7.89. The summed E-state index contributed by atoms with van der Waals surface area (Å²) >= 11 is 0. The predicted molar refractivity (Wildman–Crippen MR) is 103 cm³/mol. The molecule has 1 aromatic carbocycles. The van der Waals surface area contributed by atoms with Gasteiger partial charge in [-0.3, -0.25) is 0 Å². The number of fused-ring (bicyclic) bond motifs is 1. The fourth-order valence-electron chi connectivity index (χ4n) is 3.98. The molecule has 3 rings (SSSR count). The molecule has 0 spiro atoms. The molecular weight excluding hydrogens is 330 g/mol. The van der Waals surface area contributed by atoms with E-state index in [9.17, 15) is 8.42 Å². The Morgan fingerprint density at radius 3 is 2.52 bits per heavy atom. The smallest absolute Gasteiger partial charge is 0.207 e. The van der Waals surface area contributed by atoms with Crippen molar-refractivity contribution in [3.8, 4) is 0 Å². The molecule has 0 radical (unpaired) electrons. The summed E-state index contributed by atoms with van der Waals surface area (Å²) in [7, 11) is -3.44. The summed E-state index contributed by atoms with van der Waals surface area (Å²) in [6, 6.07) is 7.18. The van der Waals surface area contributed by atoms with Gasteiger partial charge in [0, 0.05) is 18.5 Å². The van der Waals surface area contributed by atoms with Crippen LogP contribution in [0.2, 0.25) is 0 Å². The van der Waals surface area contributed by atoms with Crippen molar-refractivity contribution in [1.29, 1.82) is 0 Å². The van der Waals surface area contributed by atoms with Crippen molar-refractivity contribution >= 4 is 10.0 Å². The van der Waals surface area contributed by atoms with Crippen molar-refractivity contribution in [2.45, 2.75) is 45.4 Å². The molecule has 136 valence electrons. The largest absolute Gasteiger partial charge is 0.243 e. The molecule has 1 heterocycles. The lowest BCUT2D eigenvalue weighted by Gasteiger charge is -2.43. The van der Waals surface area contributed by atoms with Crippen LogP contribution in [0.5, 0.6) is 0 Å². The van der Waals surface area contributed by atoms with Gasteiger partial charge in [0.15, 0.2) is 0 Å². The van der Waals surface area contributed by atoms with Crippen molar-refractivity contribution in [2.75, 3.05) is 13.1 Å². The fraction of sp³-hybridized carbons (Fsp3) is 0.524. The molecule has 0 aromatic heterocycles. The van der Waals surface area contributed by atoms with E-state index in [2.05, 4.69) is 39.0 Å². The number of benzene rings is 1. The highest BCUT2D eigenvalue weighted by Crippen LogP contribution is 2.43. The first kappa shape index (κ1) is 18.4. The van der Waals surface area contributed by atoms with Gasteiger partial charge in [0.05, 0.1) is 4.90 Å². The minimum Gasteiger partial charge on any atom is -0.207 e. The van der Waals surface area contributed by atoms with Gasteiger partial charge in [-0.2, -0.15) is 4.31 Å². The molecule has 0 amide bonds. The molecule has 0 saturated carbocycles. The Morgan fingerprint density at radius 1 is 1.20 bits per heavy atom. The summed E-state index contributed by atoms with van der Waals surface area (Å²) in [6.45, 7) is 9.76. The number of hydrogen-bond donors (Lipinski definition) is 0. The van der Waals surface area contributed by atoms with Gasteiger partial charge in [-0.05, 0) is 43.7 Å². The SMILES string of the molecule is Cc1ccc(S(=O)(=O)N2CC[C@@H]3C=CCC(C(C)C)=C[C@@]3(C)C2)cc1. The maximum absolute atomic E-state index is 13.1. The van der Waals surface area contributed by atoms with Crippen molar-refractivity contribution in [3.05, 3.63) is 53.6 Å². The summed E-state index contributed by atoms with van der Waals surface area (Å²) in [5.74, 6) is 0.900. The van der Waals surface area contributed by atoms with E-state index in [1.54, 1.807) is 16.4 Å². The number of rotatable bonds is 3. The fourth-order valence-corrected chi connectivity index (χ4v) is 5.55. The monoisotopic (exact) mass is 359 g/mol. The standard InChI is InChI=1S/C21H29NO2S/c1-16(2)18-6-5-7-19-12-13-22(15-21(19,4)14-18)25(23,24)20-10-8-17(3)9-11-20/h5,7-11,14,16,19H,6,12-13,15H2,1-4H3/t19-,21-/m0/s1. The minimum atomic E-state index is -3.44. The topological polar surface area (TPSA) is 37.4 Å². The summed E-state index contributed by atoms with van der Waals surface area (Å²) in [4.78, 5) is 0.400. The second-order valence-corrected chi connectivity index (χ2v) is 10.00. The number of aryl methyl sites for hydroxylation is 1. The Kier molecular flexibility index (Phi) is 4.95. The average Bonchev–Trinajstić information content (AvgIpc) is 2.73. The van der Waals surface area contributed by atoms with Crippen LogP contribution in [0.3, 0.4) is 0 Å². The first-order valence-electron chi connectivity index (χ1n) is 9.17. The van der Waals surface area contributed by atoms with Crippen LogP contribution in [0.1, 0.15) is 39.2 Å². The highest BCUT2D eigenvalue weighted by Gasteiger charge is 2.42. The first-order valence-corrected chi connectivity index (χ1v) is 10.6. The Labute approximate surface area is 152 Å². The van der Waals surface area contributed by atoms with Crippen LogP contribution in [0.4, 0.5) is 0 Å².